The van der Waals surface area contributed by atoms with E-state index >= 15 is 0 Å². The molecule has 0 spiro atoms. The van der Waals surface area contributed by atoms with Crippen molar-refractivity contribution in [2.75, 3.05) is 6.54 Å². The highest BCUT2D eigenvalue weighted by atomic mass is 19.4. The third kappa shape index (κ3) is 4.14. The number of aromatic nitrogens is 2. The van der Waals surface area contributed by atoms with Crippen LogP contribution in [-0.4, -0.2) is 39.1 Å². The summed E-state index contributed by atoms with van der Waals surface area (Å²) >= 11 is 0. The van der Waals surface area contributed by atoms with Gasteiger partial charge in [0.1, 0.15) is 6.54 Å². The van der Waals surface area contributed by atoms with E-state index in [1.54, 1.807) is 48.5 Å². The number of hydrogen-bond donors (Lipinski definition) is 2. The Bertz CT molecular complexity index is 1430. The summed E-state index contributed by atoms with van der Waals surface area (Å²) in [4.78, 5) is 44.9. The molecule has 10 heteroatoms. The first kappa shape index (κ1) is 22.3. The van der Waals surface area contributed by atoms with Gasteiger partial charge in [-0.05, 0) is 35.4 Å². The van der Waals surface area contributed by atoms with Crippen LogP contribution in [0.2, 0.25) is 0 Å². The van der Waals surface area contributed by atoms with Crippen LogP contribution in [0.1, 0.15) is 43.7 Å². The molecule has 1 aliphatic heterocycles. The molecule has 2 N–H and O–H groups in total. The maximum absolute atomic E-state index is 13.1. The first-order valence-corrected chi connectivity index (χ1v) is 10.6. The molecule has 0 fully saturated rings. The van der Waals surface area contributed by atoms with E-state index in [9.17, 15) is 27.6 Å². The average Bonchev–Trinajstić information content (AvgIpc) is 3.38. The summed E-state index contributed by atoms with van der Waals surface area (Å²) in [5.74, 6) is -2.84. The Morgan fingerprint density at radius 1 is 0.914 bits per heavy atom. The van der Waals surface area contributed by atoms with E-state index in [2.05, 4.69) is 15.3 Å². The Balaban J connectivity index is 1.43. The fourth-order valence-electron chi connectivity index (χ4n) is 4.08. The molecule has 0 saturated carbocycles. The van der Waals surface area contributed by atoms with Gasteiger partial charge in [0.2, 0.25) is 11.7 Å². The number of rotatable bonds is 5. The van der Waals surface area contributed by atoms with Gasteiger partial charge in [-0.3, -0.25) is 19.3 Å². The highest BCUT2D eigenvalue weighted by molar-refractivity contribution is 6.22. The number of H-pyrrole nitrogens is 1. The van der Waals surface area contributed by atoms with E-state index in [0.29, 0.717) is 11.1 Å². The van der Waals surface area contributed by atoms with Crippen molar-refractivity contribution in [1.29, 1.82) is 0 Å². The second kappa shape index (κ2) is 8.39. The summed E-state index contributed by atoms with van der Waals surface area (Å²) in [6.45, 7) is -0.500. The van der Waals surface area contributed by atoms with Crippen LogP contribution in [0.4, 0.5) is 13.2 Å². The van der Waals surface area contributed by atoms with E-state index < -0.39 is 42.3 Å². The zero-order valence-electron chi connectivity index (χ0n) is 18.0. The minimum atomic E-state index is -4.63. The number of nitrogens with zero attached hydrogens (tertiary/aromatic N) is 2. The quantitative estimate of drug-likeness (QED) is 0.423. The van der Waals surface area contributed by atoms with Crippen molar-refractivity contribution < 1.29 is 27.6 Å². The number of hydrogen-bond acceptors (Lipinski definition) is 4. The molecule has 3 amide bonds. The minimum Gasteiger partial charge on any atom is -0.344 e. The first-order chi connectivity index (χ1) is 16.7. The number of alkyl halides is 3. The van der Waals surface area contributed by atoms with Crippen molar-refractivity contribution in [2.45, 2.75) is 12.2 Å². The lowest BCUT2D eigenvalue weighted by atomic mass is 9.98. The SMILES string of the molecule is O=C(CN1C(=O)c2ccccc2C1=O)NC(c1ccccc1)c1ccc2nc(C(F)(F)F)[nH]c2c1. The van der Waals surface area contributed by atoms with Gasteiger partial charge in [-0.1, -0.05) is 48.5 Å². The predicted octanol–water partition coefficient (Wildman–Crippen LogP) is 4.08. The smallest absolute Gasteiger partial charge is 0.344 e. The molecule has 5 rings (SSSR count). The first-order valence-electron chi connectivity index (χ1n) is 10.6. The molecule has 2 heterocycles. The number of fused-ring (bicyclic) bond motifs is 2. The molecule has 1 unspecified atom stereocenters. The second-order valence-corrected chi connectivity index (χ2v) is 8.01. The number of amides is 3. The van der Waals surface area contributed by atoms with Gasteiger partial charge in [-0.2, -0.15) is 13.2 Å². The molecule has 0 bridgehead atoms. The summed E-state index contributed by atoms with van der Waals surface area (Å²) in [5.41, 5.74) is 1.91. The summed E-state index contributed by atoms with van der Waals surface area (Å²) in [5, 5.41) is 2.80. The summed E-state index contributed by atoms with van der Waals surface area (Å²) in [7, 11) is 0. The molecular formula is C25H17F3N4O3. The van der Waals surface area contributed by atoms with Crippen molar-refractivity contribution in [3.8, 4) is 0 Å². The lowest BCUT2D eigenvalue weighted by Crippen LogP contribution is -2.41. The van der Waals surface area contributed by atoms with E-state index in [1.165, 1.54) is 24.3 Å². The molecule has 4 aromatic rings. The van der Waals surface area contributed by atoms with Crippen molar-refractivity contribution in [1.82, 2.24) is 20.2 Å². The van der Waals surface area contributed by atoms with Crippen LogP contribution in [0.15, 0.2) is 72.8 Å². The molecule has 176 valence electrons. The molecule has 0 radical (unpaired) electrons. The molecular weight excluding hydrogens is 461 g/mol. The van der Waals surface area contributed by atoms with Gasteiger partial charge in [0.05, 0.1) is 28.2 Å². The number of halogens is 3. The molecule has 0 aliphatic carbocycles. The Morgan fingerprint density at radius 3 is 2.17 bits per heavy atom. The average molecular weight is 478 g/mol. The number of carbonyl (C=O) groups excluding carboxylic acids is 3. The number of benzene rings is 3. The second-order valence-electron chi connectivity index (χ2n) is 8.01. The third-order valence-electron chi connectivity index (χ3n) is 5.73. The predicted molar refractivity (Wildman–Crippen MR) is 119 cm³/mol. The third-order valence-corrected chi connectivity index (χ3v) is 5.73. The van der Waals surface area contributed by atoms with Gasteiger partial charge in [0.15, 0.2) is 0 Å². The van der Waals surface area contributed by atoms with Crippen LogP contribution in [0.5, 0.6) is 0 Å². The maximum atomic E-state index is 13.1. The number of nitrogens with one attached hydrogen (secondary N) is 2. The topological polar surface area (TPSA) is 95.2 Å². The van der Waals surface area contributed by atoms with Crippen LogP contribution < -0.4 is 5.32 Å². The normalized spacial score (nSPS) is 14.3. The standard InChI is InChI=1S/C25H17F3N4O3/c26-25(27,28)24-29-18-11-10-15(12-19(18)30-24)21(14-6-2-1-3-7-14)31-20(33)13-32-22(34)16-8-4-5-9-17(16)23(32)35/h1-12,21H,13H2,(H,29,30)(H,31,33). The lowest BCUT2D eigenvalue weighted by molar-refractivity contribution is -0.144. The summed E-state index contributed by atoms with van der Waals surface area (Å²) in [6.07, 6.45) is -4.63. The Kier molecular flexibility index (Phi) is 5.35. The molecule has 0 saturated heterocycles. The number of imidazole rings is 1. The highest BCUT2D eigenvalue weighted by Crippen LogP contribution is 2.31. The fourth-order valence-corrected chi connectivity index (χ4v) is 4.08. The van der Waals surface area contributed by atoms with Gasteiger partial charge in [-0.25, -0.2) is 4.98 Å². The summed E-state index contributed by atoms with van der Waals surface area (Å²) in [6, 6.07) is 18.9. The zero-order chi connectivity index (χ0) is 24.7. The molecule has 1 aliphatic rings. The number of carbonyl (C=O) groups is 3. The minimum absolute atomic E-state index is 0.130. The van der Waals surface area contributed by atoms with Crippen LogP contribution in [0.25, 0.3) is 11.0 Å². The van der Waals surface area contributed by atoms with Crippen molar-refractivity contribution in [3.63, 3.8) is 0 Å². The monoisotopic (exact) mass is 478 g/mol. The fraction of sp³-hybridized carbons (Fsp3) is 0.120. The zero-order valence-corrected chi connectivity index (χ0v) is 18.0. The van der Waals surface area contributed by atoms with Crippen molar-refractivity contribution in [3.05, 3.63) is 101 Å². The van der Waals surface area contributed by atoms with E-state index in [4.69, 9.17) is 0 Å². The van der Waals surface area contributed by atoms with E-state index in [0.717, 1.165) is 4.90 Å². The molecule has 3 aromatic carbocycles. The van der Waals surface area contributed by atoms with E-state index in [1.807, 2.05) is 0 Å². The van der Waals surface area contributed by atoms with Gasteiger partial charge < -0.3 is 10.3 Å². The Hall–Kier alpha value is -4.47. The number of aromatic amines is 1. The maximum Gasteiger partial charge on any atom is 0.449 e. The van der Waals surface area contributed by atoms with Crippen LogP contribution in [0.3, 0.4) is 0 Å². The molecule has 7 nitrogen and oxygen atoms in total. The largest absolute Gasteiger partial charge is 0.449 e. The van der Waals surface area contributed by atoms with Crippen LogP contribution in [0, 0.1) is 0 Å². The van der Waals surface area contributed by atoms with Crippen LogP contribution in [-0.2, 0) is 11.0 Å². The number of imide groups is 1. The van der Waals surface area contributed by atoms with Crippen molar-refractivity contribution >= 4 is 28.8 Å². The van der Waals surface area contributed by atoms with Gasteiger partial charge in [0.25, 0.3) is 11.8 Å². The highest BCUT2D eigenvalue weighted by Gasteiger charge is 2.37. The Labute approximate surface area is 196 Å². The van der Waals surface area contributed by atoms with Crippen LogP contribution >= 0.6 is 0 Å². The Morgan fingerprint density at radius 2 is 1.54 bits per heavy atom. The van der Waals surface area contributed by atoms with Gasteiger partial charge >= 0.3 is 6.18 Å². The molecule has 35 heavy (non-hydrogen) atoms. The molecule has 1 aromatic heterocycles. The van der Waals surface area contributed by atoms with Gasteiger partial charge in [0, 0.05) is 0 Å². The summed E-state index contributed by atoms with van der Waals surface area (Å²) < 4.78 is 39.2. The van der Waals surface area contributed by atoms with Gasteiger partial charge in [-0.15, -0.1) is 0 Å². The van der Waals surface area contributed by atoms with E-state index in [-0.39, 0.29) is 22.2 Å². The molecule has 1 atom stereocenters. The lowest BCUT2D eigenvalue weighted by Gasteiger charge is -2.22. The van der Waals surface area contributed by atoms with Crippen molar-refractivity contribution in [2.24, 2.45) is 0 Å².